The molecule has 0 bridgehead atoms. The van der Waals surface area contributed by atoms with Gasteiger partial charge in [-0.05, 0) is 12.1 Å². The predicted octanol–water partition coefficient (Wildman–Crippen LogP) is 2.98. The van der Waals surface area contributed by atoms with E-state index >= 15 is 0 Å². The van der Waals surface area contributed by atoms with Gasteiger partial charge >= 0.3 is 6.18 Å². The van der Waals surface area contributed by atoms with Gasteiger partial charge in [0.25, 0.3) is 0 Å². The second kappa shape index (κ2) is 4.80. The number of benzene rings is 1. The molecule has 0 fully saturated rings. The molecule has 0 aliphatic rings. The Morgan fingerprint density at radius 1 is 1.42 bits per heavy atom. The maximum Gasteiger partial charge on any atom is 0.449 e. The Labute approximate surface area is 113 Å². The van der Waals surface area contributed by atoms with Gasteiger partial charge in [0.1, 0.15) is 0 Å². The predicted molar refractivity (Wildman–Crippen MR) is 70.7 cm³/mol. The highest BCUT2D eigenvalue weighted by Crippen LogP contribution is 2.31. The molecule has 3 nitrogen and oxygen atoms in total. The molecule has 1 heterocycles. The minimum absolute atomic E-state index is 0.0602. The normalized spacial score (nSPS) is 13.7. The lowest BCUT2D eigenvalue weighted by Crippen LogP contribution is -2.25. The quantitative estimate of drug-likeness (QED) is 0.883. The van der Waals surface area contributed by atoms with Crippen molar-refractivity contribution in [2.24, 2.45) is 11.7 Å². The number of para-hydroxylation sites is 2. The second-order valence-corrected chi connectivity index (χ2v) is 4.81. The molecule has 0 spiro atoms. The Morgan fingerprint density at radius 2 is 2.05 bits per heavy atom. The summed E-state index contributed by atoms with van der Waals surface area (Å²) < 4.78 is 40.1. The lowest BCUT2D eigenvalue weighted by atomic mass is 10.2. The van der Waals surface area contributed by atoms with Crippen molar-refractivity contribution in [3.05, 3.63) is 30.1 Å². The van der Waals surface area contributed by atoms with Gasteiger partial charge in [-0.15, -0.1) is 0 Å². The first-order chi connectivity index (χ1) is 8.80. The number of thiocarbonyl (C=S) groups is 1. The smallest absolute Gasteiger partial charge is 0.393 e. The molecule has 1 aromatic heterocycles. The van der Waals surface area contributed by atoms with Crippen molar-refractivity contribution in [1.29, 1.82) is 0 Å². The zero-order valence-electron chi connectivity index (χ0n) is 10.1. The van der Waals surface area contributed by atoms with E-state index in [1.165, 1.54) is 0 Å². The van der Waals surface area contributed by atoms with Crippen LogP contribution in [0.2, 0.25) is 0 Å². The molecule has 0 aliphatic carbocycles. The van der Waals surface area contributed by atoms with Gasteiger partial charge in [0.15, 0.2) is 0 Å². The maximum atomic E-state index is 13.0. The van der Waals surface area contributed by atoms with Crippen LogP contribution in [0.5, 0.6) is 0 Å². The highest BCUT2D eigenvalue weighted by Gasteiger charge is 2.37. The number of nitrogens with two attached hydrogens (primary N) is 1. The zero-order chi connectivity index (χ0) is 14.2. The van der Waals surface area contributed by atoms with E-state index in [0.29, 0.717) is 11.0 Å². The van der Waals surface area contributed by atoms with Crippen molar-refractivity contribution in [2.45, 2.75) is 19.6 Å². The molecule has 1 aromatic carbocycles. The summed E-state index contributed by atoms with van der Waals surface area (Å²) in [7, 11) is 0. The van der Waals surface area contributed by atoms with E-state index in [4.69, 9.17) is 18.0 Å². The third-order valence-electron chi connectivity index (χ3n) is 2.85. The molecule has 2 rings (SSSR count). The molecular formula is C12H12F3N3S. The van der Waals surface area contributed by atoms with Crippen LogP contribution in [-0.4, -0.2) is 14.5 Å². The number of hydrogen-bond acceptors (Lipinski definition) is 2. The van der Waals surface area contributed by atoms with E-state index in [-0.39, 0.29) is 17.5 Å². The number of hydrogen-bond donors (Lipinski definition) is 1. The summed E-state index contributed by atoms with van der Waals surface area (Å²) in [5.41, 5.74) is 6.21. The Balaban J connectivity index is 2.58. The molecule has 0 saturated carbocycles. The largest absolute Gasteiger partial charge is 0.449 e. The highest BCUT2D eigenvalue weighted by molar-refractivity contribution is 7.80. The van der Waals surface area contributed by atoms with Crippen LogP contribution in [0.25, 0.3) is 11.0 Å². The van der Waals surface area contributed by atoms with Crippen LogP contribution in [0.1, 0.15) is 12.7 Å². The molecule has 1 unspecified atom stereocenters. The average Bonchev–Trinajstić information content (AvgIpc) is 2.68. The maximum absolute atomic E-state index is 13.0. The number of nitrogens with zero attached hydrogens (tertiary/aromatic N) is 2. The van der Waals surface area contributed by atoms with Gasteiger partial charge in [0.05, 0.1) is 16.0 Å². The standard InChI is InChI=1S/C12H12F3N3S/c1-7(10(16)19)6-18-9-5-3-2-4-8(9)17-11(18)12(13,14)15/h2-5,7H,6H2,1H3,(H2,16,19). The lowest BCUT2D eigenvalue weighted by Gasteiger charge is -2.15. The Bertz CT molecular complexity index is 618. The third-order valence-corrected chi connectivity index (χ3v) is 3.25. The number of rotatable bonds is 3. The van der Waals surface area contributed by atoms with Crippen molar-refractivity contribution >= 4 is 28.2 Å². The monoisotopic (exact) mass is 287 g/mol. The molecule has 19 heavy (non-hydrogen) atoms. The molecule has 2 aromatic rings. The topological polar surface area (TPSA) is 43.8 Å². The fourth-order valence-corrected chi connectivity index (χ4v) is 1.92. The van der Waals surface area contributed by atoms with Crippen LogP contribution in [0, 0.1) is 5.92 Å². The minimum atomic E-state index is -4.51. The van der Waals surface area contributed by atoms with Crippen LogP contribution < -0.4 is 5.73 Å². The van der Waals surface area contributed by atoms with Gasteiger partial charge in [-0.2, -0.15) is 13.2 Å². The first-order valence-corrected chi connectivity index (χ1v) is 6.03. The summed E-state index contributed by atoms with van der Waals surface area (Å²) in [5, 5.41) is 0. The fourth-order valence-electron chi connectivity index (χ4n) is 1.84. The van der Waals surface area contributed by atoms with Crippen LogP contribution in [0.4, 0.5) is 13.2 Å². The molecule has 2 N–H and O–H groups in total. The van der Waals surface area contributed by atoms with E-state index < -0.39 is 12.0 Å². The Hall–Kier alpha value is -1.63. The summed E-state index contributed by atoms with van der Waals surface area (Å²) in [6.45, 7) is 1.75. The van der Waals surface area contributed by atoms with Gasteiger partial charge in [-0.1, -0.05) is 31.3 Å². The number of imidazole rings is 1. The van der Waals surface area contributed by atoms with E-state index in [1.54, 1.807) is 31.2 Å². The van der Waals surface area contributed by atoms with Gasteiger partial charge < -0.3 is 10.3 Å². The van der Waals surface area contributed by atoms with Gasteiger partial charge in [-0.25, -0.2) is 4.98 Å². The van der Waals surface area contributed by atoms with Crippen molar-refractivity contribution in [2.75, 3.05) is 0 Å². The average molecular weight is 287 g/mol. The zero-order valence-corrected chi connectivity index (χ0v) is 10.9. The van der Waals surface area contributed by atoms with Crippen LogP contribution in [-0.2, 0) is 12.7 Å². The highest BCUT2D eigenvalue weighted by atomic mass is 32.1. The summed E-state index contributed by atoms with van der Waals surface area (Å²) >= 11 is 4.81. The molecular weight excluding hydrogens is 275 g/mol. The number of halogens is 3. The third kappa shape index (κ3) is 2.70. The van der Waals surface area contributed by atoms with E-state index in [9.17, 15) is 13.2 Å². The summed E-state index contributed by atoms with van der Waals surface area (Å²) in [4.78, 5) is 3.84. The first kappa shape index (κ1) is 13.8. The number of alkyl halides is 3. The van der Waals surface area contributed by atoms with Gasteiger partial charge in [0, 0.05) is 12.5 Å². The molecule has 0 aliphatic heterocycles. The van der Waals surface area contributed by atoms with Gasteiger partial charge in [-0.3, -0.25) is 0 Å². The van der Waals surface area contributed by atoms with Crippen molar-refractivity contribution in [3.63, 3.8) is 0 Å². The van der Waals surface area contributed by atoms with Crippen molar-refractivity contribution < 1.29 is 13.2 Å². The van der Waals surface area contributed by atoms with E-state index in [0.717, 1.165) is 4.57 Å². The molecule has 0 saturated heterocycles. The minimum Gasteiger partial charge on any atom is -0.393 e. The van der Waals surface area contributed by atoms with Crippen molar-refractivity contribution in [1.82, 2.24) is 9.55 Å². The fraction of sp³-hybridized carbons (Fsp3) is 0.333. The molecule has 0 amide bonds. The molecule has 102 valence electrons. The van der Waals surface area contributed by atoms with Gasteiger partial charge in [0.2, 0.25) is 5.82 Å². The van der Waals surface area contributed by atoms with Crippen LogP contribution in [0.15, 0.2) is 24.3 Å². The first-order valence-electron chi connectivity index (χ1n) is 5.62. The van der Waals surface area contributed by atoms with Crippen LogP contribution in [0.3, 0.4) is 0 Å². The summed E-state index contributed by atoms with van der Waals surface area (Å²) in [6, 6.07) is 6.47. The molecule has 1 atom stereocenters. The Morgan fingerprint density at radius 3 is 2.63 bits per heavy atom. The molecule has 0 radical (unpaired) electrons. The van der Waals surface area contributed by atoms with Crippen LogP contribution >= 0.6 is 12.2 Å². The second-order valence-electron chi connectivity index (χ2n) is 4.34. The lowest BCUT2D eigenvalue weighted by molar-refractivity contribution is -0.147. The Kier molecular flexibility index (Phi) is 3.49. The SMILES string of the molecule is CC(Cn1c(C(F)(F)F)nc2ccccc21)C(N)=S. The molecule has 7 heteroatoms. The summed E-state index contributed by atoms with van der Waals surface area (Å²) in [5.74, 6) is -1.26. The van der Waals surface area contributed by atoms with Crippen molar-refractivity contribution in [3.8, 4) is 0 Å². The van der Waals surface area contributed by atoms with E-state index in [1.807, 2.05) is 0 Å². The number of fused-ring (bicyclic) bond motifs is 1. The summed E-state index contributed by atoms with van der Waals surface area (Å²) in [6.07, 6.45) is -4.51. The number of aromatic nitrogens is 2. The van der Waals surface area contributed by atoms with E-state index in [2.05, 4.69) is 4.98 Å².